The highest BCUT2D eigenvalue weighted by molar-refractivity contribution is 7.13. The van der Waals surface area contributed by atoms with E-state index in [1.165, 1.54) is 13.2 Å². The van der Waals surface area contributed by atoms with Gasteiger partial charge in [0.15, 0.2) is 11.6 Å². The Morgan fingerprint density at radius 2 is 2.16 bits per heavy atom. The summed E-state index contributed by atoms with van der Waals surface area (Å²) in [6, 6.07) is 8.83. The summed E-state index contributed by atoms with van der Waals surface area (Å²) < 4.78 is 24.7. The second kappa shape index (κ2) is 7.76. The Labute approximate surface area is 150 Å². The molecule has 0 unspecified atom stereocenters. The molecular weight excluding hydrogens is 341 g/mol. The highest BCUT2D eigenvalue weighted by atomic mass is 32.1. The molecule has 1 aromatic carbocycles. The van der Waals surface area contributed by atoms with Gasteiger partial charge in [-0.25, -0.2) is 4.39 Å². The van der Waals surface area contributed by atoms with Crippen LogP contribution in [0.3, 0.4) is 0 Å². The lowest BCUT2D eigenvalue weighted by atomic mass is 10.1. The predicted molar refractivity (Wildman–Crippen MR) is 95.1 cm³/mol. The van der Waals surface area contributed by atoms with Crippen molar-refractivity contribution in [2.45, 2.75) is 26.4 Å². The average molecular weight is 361 g/mol. The Bertz CT molecular complexity index is 820. The monoisotopic (exact) mass is 361 g/mol. The Balaban J connectivity index is 1.75. The number of benzene rings is 1. The topological polar surface area (TPSA) is 51.4 Å². The largest absolute Gasteiger partial charge is 0.494 e. The molecule has 1 atom stereocenters. The molecule has 0 bridgehead atoms. The fourth-order valence-corrected chi connectivity index (χ4v) is 3.27. The molecule has 0 aliphatic rings. The number of halogens is 1. The van der Waals surface area contributed by atoms with Gasteiger partial charge in [-0.1, -0.05) is 19.1 Å². The molecule has 0 spiro atoms. The van der Waals surface area contributed by atoms with Crippen LogP contribution >= 0.6 is 11.3 Å². The smallest absolute Gasteiger partial charge is 0.257 e. The van der Waals surface area contributed by atoms with Crippen molar-refractivity contribution in [3.63, 3.8) is 0 Å². The predicted octanol–water partition coefficient (Wildman–Crippen LogP) is 4.53. The first-order chi connectivity index (χ1) is 12.1. The van der Waals surface area contributed by atoms with E-state index in [0.717, 1.165) is 17.0 Å². The van der Waals surface area contributed by atoms with Gasteiger partial charge in [-0.15, -0.1) is 21.5 Å². The summed E-state index contributed by atoms with van der Waals surface area (Å²) in [6.45, 7) is 5.41. The van der Waals surface area contributed by atoms with Gasteiger partial charge in [0.1, 0.15) is 0 Å². The van der Waals surface area contributed by atoms with E-state index in [9.17, 15) is 4.39 Å². The number of ether oxygens (including phenoxy) is 1. The van der Waals surface area contributed by atoms with Crippen molar-refractivity contribution in [2.75, 3.05) is 13.7 Å². The molecule has 2 heterocycles. The Kier molecular flexibility index (Phi) is 5.45. The molecule has 7 heteroatoms. The Morgan fingerprint density at radius 1 is 1.32 bits per heavy atom. The van der Waals surface area contributed by atoms with Gasteiger partial charge in [0.2, 0.25) is 5.89 Å². The van der Waals surface area contributed by atoms with Crippen LogP contribution < -0.4 is 4.74 Å². The second-order valence-corrected chi connectivity index (χ2v) is 6.58. The van der Waals surface area contributed by atoms with Crippen LogP contribution in [0.2, 0.25) is 0 Å². The van der Waals surface area contributed by atoms with Crippen molar-refractivity contribution in [2.24, 2.45) is 0 Å². The minimum absolute atomic E-state index is 0.0728. The zero-order valence-corrected chi connectivity index (χ0v) is 15.2. The molecule has 0 aliphatic carbocycles. The van der Waals surface area contributed by atoms with Crippen LogP contribution in [0.1, 0.15) is 31.3 Å². The van der Waals surface area contributed by atoms with Crippen molar-refractivity contribution >= 4 is 11.3 Å². The first kappa shape index (κ1) is 17.6. The Morgan fingerprint density at radius 3 is 2.80 bits per heavy atom. The molecule has 0 radical (unpaired) electrons. The molecule has 0 N–H and O–H groups in total. The van der Waals surface area contributed by atoms with Crippen LogP contribution in [0.5, 0.6) is 5.75 Å². The molecule has 25 heavy (non-hydrogen) atoms. The standard InChI is InChI=1S/C18H20FN3O2S/c1-4-22(11-13-7-8-15(23-3)14(19)10-13)12(2)17-20-21-18(24-17)16-6-5-9-25-16/h5-10,12H,4,11H2,1-3H3/t12-/m0/s1. The lowest BCUT2D eigenvalue weighted by Gasteiger charge is -2.25. The van der Waals surface area contributed by atoms with Gasteiger partial charge in [0.05, 0.1) is 18.0 Å². The van der Waals surface area contributed by atoms with E-state index in [2.05, 4.69) is 15.1 Å². The average Bonchev–Trinajstić information content (AvgIpc) is 3.30. The van der Waals surface area contributed by atoms with Crippen molar-refractivity contribution in [1.29, 1.82) is 0 Å². The third-order valence-electron chi connectivity index (χ3n) is 4.09. The van der Waals surface area contributed by atoms with E-state index in [4.69, 9.17) is 9.15 Å². The van der Waals surface area contributed by atoms with E-state index in [1.807, 2.05) is 37.4 Å². The van der Waals surface area contributed by atoms with Gasteiger partial charge in [-0.3, -0.25) is 4.90 Å². The first-order valence-electron chi connectivity index (χ1n) is 8.06. The summed E-state index contributed by atoms with van der Waals surface area (Å²) in [4.78, 5) is 3.10. The number of methoxy groups -OCH3 is 1. The van der Waals surface area contributed by atoms with Gasteiger partial charge >= 0.3 is 0 Å². The maximum atomic E-state index is 13.9. The molecule has 2 aromatic heterocycles. The van der Waals surface area contributed by atoms with E-state index >= 15 is 0 Å². The third-order valence-corrected chi connectivity index (χ3v) is 4.94. The molecule has 132 valence electrons. The minimum atomic E-state index is -0.360. The van der Waals surface area contributed by atoms with Crippen LogP contribution in [0.15, 0.2) is 40.1 Å². The normalized spacial score (nSPS) is 12.5. The quantitative estimate of drug-likeness (QED) is 0.619. The molecule has 5 nitrogen and oxygen atoms in total. The van der Waals surface area contributed by atoms with E-state index < -0.39 is 0 Å². The molecule has 0 aliphatic heterocycles. The summed E-state index contributed by atoms with van der Waals surface area (Å²) in [5.74, 6) is 0.974. The number of nitrogens with zero attached hydrogens (tertiary/aromatic N) is 3. The fraction of sp³-hybridized carbons (Fsp3) is 0.333. The van der Waals surface area contributed by atoms with Gasteiger partial charge in [0, 0.05) is 6.54 Å². The van der Waals surface area contributed by atoms with Crippen LogP contribution in [-0.4, -0.2) is 28.8 Å². The van der Waals surface area contributed by atoms with Crippen molar-refractivity contribution < 1.29 is 13.5 Å². The van der Waals surface area contributed by atoms with Crippen LogP contribution in [-0.2, 0) is 6.54 Å². The third kappa shape index (κ3) is 3.88. The highest BCUT2D eigenvalue weighted by Crippen LogP contribution is 2.28. The zero-order valence-electron chi connectivity index (χ0n) is 14.4. The summed E-state index contributed by atoms with van der Waals surface area (Å²) in [7, 11) is 1.46. The van der Waals surface area contributed by atoms with E-state index in [1.54, 1.807) is 17.4 Å². The summed E-state index contributed by atoms with van der Waals surface area (Å²) in [6.07, 6.45) is 0. The molecule has 0 fully saturated rings. The number of hydrogen-bond donors (Lipinski definition) is 0. The lowest BCUT2D eigenvalue weighted by molar-refractivity contribution is 0.184. The first-order valence-corrected chi connectivity index (χ1v) is 8.94. The molecular formula is C18H20FN3O2S. The SMILES string of the molecule is CCN(Cc1ccc(OC)c(F)c1)[C@@H](C)c1nnc(-c2cccs2)o1. The number of aromatic nitrogens is 2. The summed E-state index contributed by atoms with van der Waals surface area (Å²) in [5, 5.41) is 10.3. The molecule has 0 amide bonds. The highest BCUT2D eigenvalue weighted by Gasteiger charge is 2.21. The molecule has 0 saturated carbocycles. The molecule has 3 aromatic rings. The van der Waals surface area contributed by atoms with Gasteiger partial charge in [-0.2, -0.15) is 0 Å². The number of thiophene rings is 1. The van der Waals surface area contributed by atoms with Crippen molar-refractivity contribution in [3.05, 3.63) is 53.0 Å². The van der Waals surface area contributed by atoms with E-state index in [-0.39, 0.29) is 17.6 Å². The summed E-state index contributed by atoms with van der Waals surface area (Å²) >= 11 is 1.56. The van der Waals surface area contributed by atoms with E-state index in [0.29, 0.717) is 18.3 Å². The minimum Gasteiger partial charge on any atom is -0.494 e. The zero-order chi connectivity index (χ0) is 17.8. The van der Waals surface area contributed by atoms with Crippen molar-refractivity contribution in [1.82, 2.24) is 15.1 Å². The lowest BCUT2D eigenvalue weighted by Crippen LogP contribution is -2.26. The maximum Gasteiger partial charge on any atom is 0.257 e. The number of rotatable bonds is 7. The maximum absolute atomic E-state index is 13.9. The van der Waals surface area contributed by atoms with Gasteiger partial charge in [-0.05, 0) is 42.6 Å². The van der Waals surface area contributed by atoms with Crippen LogP contribution in [0.4, 0.5) is 4.39 Å². The summed E-state index contributed by atoms with van der Waals surface area (Å²) in [5.41, 5.74) is 0.866. The fourth-order valence-electron chi connectivity index (χ4n) is 2.62. The molecule has 3 rings (SSSR count). The second-order valence-electron chi connectivity index (χ2n) is 5.63. The van der Waals surface area contributed by atoms with Gasteiger partial charge in [0.25, 0.3) is 5.89 Å². The molecule has 0 saturated heterocycles. The van der Waals surface area contributed by atoms with Crippen molar-refractivity contribution in [3.8, 4) is 16.5 Å². The Hall–Kier alpha value is -2.25. The van der Waals surface area contributed by atoms with Crippen LogP contribution in [0, 0.1) is 5.82 Å². The number of hydrogen-bond acceptors (Lipinski definition) is 6. The van der Waals surface area contributed by atoms with Gasteiger partial charge < -0.3 is 9.15 Å². The van der Waals surface area contributed by atoms with Crippen LogP contribution in [0.25, 0.3) is 10.8 Å².